The van der Waals surface area contributed by atoms with Crippen LogP contribution in [0.3, 0.4) is 0 Å². The Morgan fingerprint density at radius 3 is 2.74 bits per heavy atom. The first kappa shape index (κ1) is 13.8. The molecule has 3 N–H and O–H groups in total. The van der Waals surface area contributed by atoms with Crippen LogP contribution in [0, 0.1) is 5.82 Å². The molecule has 2 nitrogen and oxygen atoms in total. The highest BCUT2D eigenvalue weighted by Crippen LogP contribution is 2.21. The van der Waals surface area contributed by atoms with Crippen molar-refractivity contribution >= 4 is 34.5 Å². The number of halogens is 2. The summed E-state index contributed by atoms with van der Waals surface area (Å²) >= 11 is 10.9. The molecule has 0 unspecified atom stereocenters. The van der Waals surface area contributed by atoms with Gasteiger partial charge in [-0.15, -0.1) is 0 Å². The van der Waals surface area contributed by atoms with Crippen LogP contribution < -0.4 is 11.1 Å². The standard InChI is InChI=1S/C14H12ClFN2S/c15-10-4-5-12(14(17)19)13(7-10)18-8-9-2-1-3-11(16)6-9/h1-7,18H,8H2,(H2,17,19). The van der Waals surface area contributed by atoms with E-state index in [-0.39, 0.29) is 5.82 Å². The predicted molar refractivity (Wildman–Crippen MR) is 81.1 cm³/mol. The Hall–Kier alpha value is -1.65. The maximum Gasteiger partial charge on any atom is 0.123 e. The van der Waals surface area contributed by atoms with Crippen LogP contribution in [0.15, 0.2) is 42.5 Å². The molecule has 19 heavy (non-hydrogen) atoms. The molecule has 0 aliphatic carbocycles. The summed E-state index contributed by atoms with van der Waals surface area (Å²) in [6.07, 6.45) is 0. The van der Waals surface area contributed by atoms with Gasteiger partial charge in [0, 0.05) is 22.8 Å². The smallest absolute Gasteiger partial charge is 0.123 e. The molecule has 0 bridgehead atoms. The van der Waals surface area contributed by atoms with Crippen molar-refractivity contribution in [3.63, 3.8) is 0 Å². The molecule has 0 spiro atoms. The van der Waals surface area contributed by atoms with Gasteiger partial charge in [-0.25, -0.2) is 4.39 Å². The molecule has 0 fully saturated rings. The van der Waals surface area contributed by atoms with Gasteiger partial charge >= 0.3 is 0 Å². The summed E-state index contributed by atoms with van der Waals surface area (Å²) in [7, 11) is 0. The molecular weight excluding hydrogens is 283 g/mol. The number of thiocarbonyl (C=S) groups is 1. The number of anilines is 1. The summed E-state index contributed by atoms with van der Waals surface area (Å²) in [4.78, 5) is 0.290. The van der Waals surface area contributed by atoms with Crippen molar-refractivity contribution < 1.29 is 4.39 Å². The minimum atomic E-state index is -0.264. The van der Waals surface area contributed by atoms with Gasteiger partial charge in [-0.05, 0) is 35.9 Å². The van der Waals surface area contributed by atoms with Crippen molar-refractivity contribution in [2.24, 2.45) is 5.73 Å². The van der Waals surface area contributed by atoms with Crippen LogP contribution in [0.2, 0.25) is 5.02 Å². The summed E-state index contributed by atoms with van der Waals surface area (Å²) in [6, 6.07) is 11.6. The SMILES string of the molecule is NC(=S)c1ccc(Cl)cc1NCc1cccc(F)c1. The third-order valence-corrected chi connectivity index (χ3v) is 3.07. The normalized spacial score (nSPS) is 10.2. The van der Waals surface area contributed by atoms with Crippen molar-refractivity contribution in [1.82, 2.24) is 0 Å². The summed E-state index contributed by atoms with van der Waals surface area (Å²) in [5.74, 6) is -0.264. The van der Waals surface area contributed by atoms with Crippen molar-refractivity contribution in [3.05, 3.63) is 64.4 Å². The minimum absolute atomic E-state index is 0.264. The Kier molecular flexibility index (Phi) is 4.35. The fourth-order valence-corrected chi connectivity index (χ4v) is 2.07. The topological polar surface area (TPSA) is 38.0 Å². The molecular formula is C14H12ClFN2S. The quantitative estimate of drug-likeness (QED) is 0.844. The molecule has 98 valence electrons. The summed E-state index contributed by atoms with van der Waals surface area (Å²) in [5.41, 5.74) is 7.93. The van der Waals surface area contributed by atoms with Crippen LogP contribution in [-0.2, 0) is 6.54 Å². The molecule has 0 heterocycles. The zero-order chi connectivity index (χ0) is 13.8. The number of hydrogen-bond acceptors (Lipinski definition) is 2. The molecule has 0 aromatic heterocycles. The van der Waals surface area contributed by atoms with E-state index in [1.807, 2.05) is 6.07 Å². The van der Waals surface area contributed by atoms with E-state index in [1.54, 1.807) is 24.3 Å². The molecule has 0 aliphatic rings. The van der Waals surface area contributed by atoms with Gasteiger partial charge in [0.25, 0.3) is 0 Å². The second kappa shape index (κ2) is 5.99. The first-order valence-electron chi connectivity index (χ1n) is 5.64. The molecule has 2 aromatic carbocycles. The Morgan fingerprint density at radius 1 is 1.26 bits per heavy atom. The summed E-state index contributed by atoms with van der Waals surface area (Å²) in [6.45, 7) is 0.466. The lowest BCUT2D eigenvalue weighted by Crippen LogP contribution is -2.13. The van der Waals surface area contributed by atoms with Crippen LogP contribution in [0.5, 0.6) is 0 Å². The van der Waals surface area contributed by atoms with Crippen LogP contribution in [0.1, 0.15) is 11.1 Å². The third kappa shape index (κ3) is 3.66. The van der Waals surface area contributed by atoms with Gasteiger partial charge in [-0.2, -0.15) is 0 Å². The molecule has 0 aliphatic heterocycles. The van der Waals surface area contributed by atoms with Crippen molar-refractivity contribution in [3.8, 4) is 0 Å². The largest absolute Gasteiger partial charge is 0.389 e. The van der Waals surface area contributed by atoms with Gasteiger partial charge in [-0.3, -0.25) is 0 Å². The average Bonchev–Trinajstić information content (AvgIpc) is 2.36. The number of hydrogen-bond donors (Lipinski definition) is 2. The van der Waals surface area contributed by atoms with Crippen LogP contribution in [0.4, 0.5) is 10.1 Å². The average molecular weight is 295 g/mol. The van der Waals surface area contributed by atoms with Gasteiger partial charge in [0.1, 0.15) is 10.8 Å². The Morgan fingerprint density at radius 2 is 2.05 bits per heavy atom. The lowest BCUT2D eigenvalue weighted by Gasteiger charge is -2.12. The molecule has 0 atom stereocenters. The van der Waals surface area contributed by atoms with Gasteiger partial charge in [0.2, 0.25) is 0 Å². The fraction of sp³-hybridized carbons (Fsp3) is 0.0714. The van der Waals surface area contributed by atoms with E-state index >= 15 is 0 Å². The Bertz CT molecular complexity index is 616. The molecule has 0 saturated carbocycles. The maximum absolute atomic E-state index is 13.1. The zero-order valence-corrected chi connectivity index (χ0v) is 11.6. The highest BCUT2D eigenvalue weighted by Gasteiger charge is 2.06. The number of nitrogens with two attached hydrogens (primary N) is 1. The zero-order valence-electron chi connectivity index (χ0n) is 9.99. The van der Waals surface area contributed by atoms with Gasteiger partial charge < -0.3 is 11.1 Å². The van der Waals surface area contributed by atoms with E-state index in [4.69, 9.17) is 29.6 Å². The van der Waals surface area contributed by atoms with Crippen LogP contribution in [0.25, 0.3) is 0 Å². The molecule has 0 radical (unpaired) electrons. The van der Waals surface area contributed by atoms with Gasteiger partial charge in [-0.1, -0.05) is 36.0 Å². The van der Waals surface area contributed by atoms with E-state index in [0.29, 0.717) is 16.6 Å². The second-order valence-electron chi connectivity index (χ2n) is 4.04. The minimum Gasteiger partial charge on any atom is -0.389 e. The maximum atomic E-state index is 13.1. The van der Waals surface area contributed by atoms with Crippen molar-refractivity contribution in [1.29, 1.82) is 0 Å². The summed E-state index contributed by atoms with van der Waals surface area (Å²) < 4.78 is 13.1. The molecule has 5 heteroatoms. The summed E-state index contributed by atoms with van der Waals surface area (Å²) in [5, 5.41) is 3.75. The van der Waals surface area contributed by atoms with Crippen molar-refractivity contribution in [2.45, 2.75) is 6.54 Å². The molecule has 0 amide bonds. The lowest BCUT2D eigenvalue weighted by atomic mass is 10.1. The fourth-order valence-electron chi connectivity index (χ4n) is 1.72. The van der Waals surface area contributed by atoms with Crippen LogP contribution in [-0.4, -0.2) is 4.99 Å². The van der Waals surface area contributed by atoms with Gasteiger partial charge in [0.15, 0.2) is 0 Å². The number of rotatable bonds is 4. The predicted octanol–water partition coefficient (Wildman–Crippen LogP) is 3.73. The monoisotopic (exact) mass is 294 g/mol. The Labute approximate surface area is 121 Å². The van der Waals surface area contributed by atoms with E-state index < -0.39 is 0 Å². The van der Waals surface area contributed by atoms with Crippen LogP contribution >= 0.6 is 23.8 Å². The highest BCUT2D eigenvalue weighted by molar-refractivity contribution is 7.80. The van der Waals surface area contributed by atoms with Gasteiger partial charge in [0.05, 0.1) is 0 Å². The second-order valence-corrected chi connectivity index (χ2v) is 4.91. The molecule has 0 saturated heterocycles. The molecule has 2 rings (SSSR count). The van der Waals surface area contributed by atoms with Crippen molar-refractivity contribution in [2.75, 3.05) is 5.32 Å². The molecule has 2 aromatic rings. The van der Waals surface area contributed by atoms with E-state index in [9.17, 15) is 4.39 Å². The lowest BCUT2D eigenvalue weighted by molar-refractivity contribution is 0.626. The first-order chi connectivity index (χ1) is 9.06. The highest BCUT2D eigenvalue weighted by atomic mass is 35.5. The van der Waals surface area contributed by atoms with E-state index in [1.165, 1.54) is 12.1 Å². The number of benzene rings is 2. The van der Waals surface area contributed by atoms with E-state index in [0.717, 1.165) is 16.8 Å². The Balaban J connectivity index is 2.19. The number of nitrogens with one attached hydrogen (secondary N) is 1. The first-order valence-corrected chi connectivity index (χ1v) is 6.42. The van der Waals surface area contributed by atoms with E-state index in [2.05, 4.69) is 5.32 Å². The third-order valence-electron chi connectivity index (χ3n) is 2.62.